The molecule has 0 amide bonds. The van der Waals surface area contributed by atoms with Gasteiger partial charge in [-0.2, -0.15) is 18.3 Å². The highest BCUT2D eigenvalue weighted by molar-refractivity contribution is 6.33. The van der Waals surface area contributed by atoms with Crippen LogP contribution in [0, 0.1) is 0 Å². The summed E-state index contributed by atoms with van der Waals surface area (Å²) in [5.41, 5.74) is 0.825. The molecular weight excluding hydrogens is 421 g/mol. The summed E-state index contributed by atoms with van der Waals surface area (Å²) in [6.45, 7) is 4.04. The highest BCUT2D eigenvalue weighted by Crippen LogP contribution is 2.38. The molecule has 0 spiro atoms. The zero-order chi connectivity index (χ0) is 21.6. The van der Waals surface area contributed by atoms with Gasteiger partial charge in [0.25, 0.3) is 5.56 Å². The highest BCUT2D eigenvalue weighted by Gasteiger charge is 2.36. The van der Waals surface area contributed by atoms with Gasteiger partial charge in [0.15, 0.2) is 0 Å². The summed E-state index contributed by atoms with van der Waals surface area (Å²) in [6, 6.07) is 4.55. The summed E-state index contributed by atoms with van der Waals surface area (Å²) in [5, 5.41) is 14.5. The zero-order valence-corrected chi connectivity index (χ0v) is 16.9. The Labute approximate surface area is 174 Å². The first-order chi connectivity index (χ1) is 14.2. The summed E-state index contributed by atoms with van der Waals surface area (Å²) in [7, 11) is 0. The molecule has 1 aromatic carbocycles. The summed E-state index contributed by atoms with van der Waals surface area (Å²) in [6.07, 6.45) is -2.51. The number of fused-ring (bicyclic) bond motifs is 1. The van der Waals surface area contributed by atoms with Crippen LogP contribution in [0.15, 0.2) is 35.3 Å². The van der Waals surface area contributed by atoms with Crippen molar-refractivity contribution in [3.63, 3.8) is 0 Å². The van der Waals surface area contributed by atoms with Crippen LogP contribution in [0.3, 0.4) is 0 Å². The van der Waals surface area contributed by atoms with Gasteiger partial charge in [-0.25, -0.2) is 9.78 Å². The predicted molar refractivity (Wildman–Crippen MR) is 105 cm³/mol. The Kier molecular flexibility index (Phi) is 5.05. The molecule has 0 radical (unpaired) electrons. The third-order valence-corrected chi connectivity index (χ3v) is 5.81. The van der Waals surface area contributed by atoms with E-state index in [0.717, 1.165) is 11.8 Å². The Bertz CT molecular complexity index is 1140. The monoisotopic (exact) mass is 438 g/mol. The highest BCUT2D eigenvalue weighted by atomic mass is 35.5. The number of nitrogens with one attached hydrogen (secondary N) is 1. The Morgan fingerprint density at radius 2 is 2.03 bits per heavy atom. The molecule has 1 aliphatic rings. The van der Waals surface area contributed by atoms with Crippen LogP contribution in [0.2, 0.25) is 5.02 Å². The molecular formula is C19H18ClF3N6O. The summed E-state index contributed by atoms with van der Waals surface area (Å²) in [5.74, 6) is 0. The second kappa shape index (κ2) is 7.42. The Morgan fingerprint density at radius 1 is 1.30 bits per heavy atom. The molecule has 30 heavy (non-hydrogen) atoms. The van der Waals surface area contributed by atoms with Crippen LogP contribution < -0.4 is 10.5 Å². The molecule has 0 aliphatic carbocycles. The fraction of sp³-hybridized carbons (Fsp3) is 0.368. The number of rotatable bonds is 3. The van der Waals surface area contributed by atoms with E-state index >= 15 is 0 Å². The minimum Gasteiger partial charge on any atom is -0.360 e. The van der Waals surface area contributed by atoms with E-state index in [-0.39, 0.29) is 16.6 Å². The van der Waals surface area contributed by atoms with Crippen LogP contribution in [0.1, 0.15) is 48.4 Å². The molecule has 1 N–H and O–H groups in total. The lowest BCUT2D eigenvalue weighted by atomic mass is 9.99. The average Bonchev–Trinajstić information content (AvgIpc) is 3.14. The topological polar surface area (TPSA) is 79.7 Å². The van der Waals surface area contributed by atoms with E-state index in [9.17, 15) is 18.0 Å². The first-order valence-corrected chi connectivity index (χ1v) is 9.67. The van der Waals surface area contributed by atoms with Gasteiger partial charge in [-0.15, -0.1) is 5.10 Å². The van der Waals surface area contributed by atoms with Gasteiger partial charge in [-0.05, 0) is 25.5 Å². The second-order valence-electron chi connectivity index (χ2n) is 7.14. The Hall–Kier alpha value is -2.88. The third kappa shape index (κ3) is 3.34. The zero-order valence-electron chi connectivity index (χ0n) is 16.1. The number of aromatic amines is 1. The van der Waals surface area contributed by atoms with E-state index in [2.05, 4.69) is 20.5 Å². The van der Waals surface area contributed by atoms with Gasteiger partial charge in [0.2, 0.25) is 0 Å². The number of nitrogens with zero attached hydrogens (tertiary/aromatic N) is 5. The maximum absolute atomic E-state index is 13.5. The fourth-order valence-electron chi connectivity index (χ4n) is 3.93. The van der Waals surface area contributed by atoms with E-state index in [0.29, 0.717) is 24.3 Å². The van der Waals surface area contributed by atoms with E-state index in [4.69, 9.17) is 11.6 Å². The standard InChI is InChI=1S/C19H18ClF3N6O/c1-10(12-5-3-4-6-13(12)19(21,22)23)29-14-7-8-28(11(2)17(14)25-27-29)15-9-24-26-18(30)16(15)20/h3-6,9-11H,7-8H2,1-2H3,(H,26,30)/t10-,11-/m0/s1. The van der Waals surface area contributed by atoms with Crippen molar-refractivity contribution in [3.05, 3.63) is 68.4 Å². The first kappa shape index (κ1) is 20.4. The van der Waals surface area contributed by atoms with E-state index in [1.54, 1.807) is 17.7 Å². The lowest BCUT2D eigenvalue weighted by molar-refractivity contribution is -0.138. The molecule has 0 unspecified atom stereocenters. The van der Waals surface area contributed by atoms with E-state index < -0.39 is 23.3 Å². The van der Waals surface area contributed by atoms with E-state index in [1.165, 1.54) is 18.3 Å². The summed E-state index contributed by atoms with van der Waals surface area (Å²) >= 11 is 6.14. The fourth-order valence-corrected chi connectivity index (χ4v) is 4.13. The van der Waals surface area contributed by atoms with Crippen LogP contribution in [0.4, 0.5) is 18.9 Å². The molecule has 4 rings (SSSR count). The van der Waals surface area contributed by atoms with Gasteiger partial charge < -0.3 is 4.90 Å². The third-order valence-electron chi connectivity index (χ3n) is 5.44. The lowest BCUT2D eigenvalue weighted by Crippen LogP contribution is -2.36. The van der Waals surface area contributed by atoms with Crippen molar-refractivity contribution in [2.24, 2.45) is 0 Å². The number of hydrogen-bond donors (Lipinski definition) is 1. The number of alkyl halides is 3. The van der Waals surface area contributed by atoms with Crippen molar-refractivity contribution < 1.29 is 13.2 Å². The number of aromatic nitrogens is 5. The average molecular weight is 439 g/mol. The molecule has 7 nitrogen and oxygen atoms in total. The molecule has 11 heteroatoms. The number of benzene rings is 1. The Morgan fingerprint density at radius 3 is 2.77 bits per heavy atom. The quantitative estimate of drug-likeness (QED) is 0.673. The summed E-state index contributed by atoms with van der Waals surface area (Å²) < 4.78 is 41.9. The van der Waals surface area contributed by atoms with Gasteiger partial charge in [0, 0.05) is 13.0 Å². The maximum Gasteiger partial charge on any atom is 0.416 e. The van der Waals surface area contributed by atoms with Gasteiger partial charge >= 0.3 is 6.18 Å². The van der Waals surface area contributed by atoms with Crippen molar-refractivity contribution >= 4 is 17.3 Å². The molecule has 3 heterocycles. The molecule has 0 fully saturated rings. The molecule has 3 aromatic rings. The number of H-pyrrole nitrogens is 1. The van der Waals surface area contributed by atoms with Gasteiger partial charge in [0.1, 0.15) is 10.7 Å². The van der Waals surface area contributed by atoms with Crippen LogP contribution in [0.5, 0.6) is 0 Å². The minimum absolute atomic E-state index is 0.0279. The second-order valence-corrected chi connectivity index (χ2v) is 7.52. The molecule has 2 aromatic heterocycles. The van der Waals surface area contributed by atoms with Crippen LogP contribution >= 0.6 is 11.6 Å². The molecule has 158 valence electrons. The molecule has 0 saturated carbocycles. The lowest BCUT2D eigenvalue weighted by Gasteiger charge is -2.34. The van der Waals surface area contributed by atoms with Crippen LogP contribution in [-0.2, 0) is 12.6 Å². The SMILES string of the molecule is C[C@H]1c2nnn([C@@H](C)c3ccccc3C(F)(F)F)c2CCN1c1cn[nH]c(=O)c1Cl. The first-order valence-electron chi connectivity index (χ1n) is 9.30. The predicted octanol–water partition coefficient (Wildman–Crippen LogP) is 3.77. The maximum atomic E-state index is 13.5. The molecule has 1 aliphatic heterocycles. The molecule has 0 saturated heterocycles. The Balaban J connectivity index is 1.71. The van der Waals surface area contributed by atoms with Gasteiger partial charge in [0.05, 0.1) is 35.2 Å². The van der Waals surface area contributed by atoms with Gasteiger partial charge in [-0.3, -0.25) is 4.79 Å². The van der Waals surface area contributed by atoms with E-state index in [1.807, 2.05) is 11.8 Å². The van der Waals surface area contributed by atoms with Crippen LogP contribution in [-0.4, -0.2) is 31.7 Å². The number of hydrogen-bond acceptors (Lipinski definition) is 5. The van der Waals surface area contributed by atoms with Crippen molar-refractivity contribution in [1.82, 2.24) is 25.2 Å². The smallest absolute Gasteiger partial charge is 0.360 e. The number of halogens is 4. The summed E-state index contributed by atoms with van der Waals surface area (Å²) in [4.78, 5) is 13.7. The molecule has 2 atom stereocenters. The minimum atomic E-state index is -4.46. The van der Waals surface area contributed by atoms with Crippen LogP contribution in [0.25, 0.3) is 0 Å². The molecule has 0 bridgehead atoms. The van der Waals surface area contributed by atoms with Crippen molar-refractivity contribution in [2.45, 2.75) is 38.5 Å². The van der Waals surface area contributed by atoms with Crippen molar-refractivity contribution in [2.75, 3.05) is 11.4 Å². The number of anilines is 1. The van der Waals surface area contributed by atoms with Crippen molar-refractivity contribution in [3.8, 4) is 0 Å². The van der Waals surface area contributed by atoms with Crippen molar-refractivity contribution in [1.29, 1.82) is 0 Å². The normalized spacial score (nSPS) is 17.7. The largest absolute Gasteiger partial charge is 0.416 e. The van der Waals surface area contributed by atoms with Gasteiger partial charge in [-0.1, -0.05) is 35.0 Å².